The van der Waals surface area contributed by atoms with Crippen LogP contribution in [0.1, 0.15) is 65.4 Å². The molecule has 0 spiro atoms. The Morgan fingerprint density at radius 3 is 2.34 bits per heavy atom. The number of rotatable bonds is 10. The van der Waals surface area contributed by atoms with E-state index in [9.17, 15) is 14.4 Å². The molecule has 0 radical (unpaired) electrons. The topological polar surface area (TPSA) is 79.0 Å². The molecule has 7 nitrogen and oxygen atoms in total. The second-order valence-corrected chi connectivity index (χ2v) is 10.9. The van der Waals surface area contributed by atoms with E-state index in [1.54, 1.807) is 0 Å². The minimum absolute atomic E-state index is 0.0556. The van der Waals surface area contributed by atoms with Crippen molar-refractivity contribution in [3.05, 3.63) is 35.9 Å². The maximum Gasteiger partial charge on any atom is 0.306 e. The van der Waals surface area contributed by atoms with Gasteiger partial charge in [0.15, 0.2) is 0 Å². The predicted octanol–water partition coefficient (Wildman–Crippen LogP) is 3.62. The van der Waals surface area contributed by atoms with Crippen LogP contribution in [-0.4, -0.2) is 65.8 Å². The van der Waals surface area contributed by atoms with Gasteiger partial charge in [-0.3, -0.25) is 14.4 Å². The number of carbonyl (C=O) groups is 3. The fourth-order valence-electron chi connectivity index (χ4n) is 5.13. The van der Waals surface area contributed by atoms with Crippen LogP contribution in [0.25, 0.3) is 0 Å². The first kappa shape index (κ1) is 27.2. The number of amides is 2. The number of nitrogens with zero attached hydrogens (tertiary/aromatic N) is 2. The van der Waals surface area contributed by atoms with Crippen molar-refractivity contribution in [1.82, 2.24) is 15.1 Å². The van der Waals surface area contributed by atoms with Gasteiger partial charge in [0.05, 0.1) is 6.04 Å². The largest absolute Gasteiger partial charge is 0.461 e. The number of hydrogen-bond acceptors (Lipinski definition) is 5. The maximum absolute atomic E-state index is 13.6. The minimum atomic E-state index is -0.411. The second kappa shape index (κ2) is 13.1. The number of benzene rings is 1. The van der Waals surface area contributed by atoms with E-state index in [4.69, 9.17) is 4.74 Å². The van der Waals surface area contributed by atoms with Crippen molar-refractivity contribution in [3.8, 4) is 0 Å². The zero-order valence-corrected chi connectivity index (χ0v) is 21.9. The molecule has 0 bridgehead atoms. The van der Waals surface area contributed by atoms with Crippen LogP contribution < -0.4 is 5.32 Å². The van der Waals surface area contributed by atoms with Gasteiger partial charge in [0, 0.05) is 32.6 Å². The number of hydrogen-bond donors (Lipinski definition) is 1. The van der Waals surface area contributed by atoms with Crippen LogP contribution >= 0.6 is 0 Å². The van der Waals surface area contributed by atoms with Crippen LogP contribution in [0.5, 0.6) is 0 Å². The van der Waals surface area contributed by atoms with Gasteiger partial charge in [-0.25, -0.2) is 0 Å². The van der Waals surface area contributed by atoms with Gasteiger partial charge in [0.1, 0.15) is 12.6 Å². The molecule has 2 aliphatic rings. The quantitative estimate of drug-likeness (QED) is 0.512. The highest BCUT2D eigenvalue weighted by Crippen LogP contribution is 2.25. The lowest BCUT2D eigenvalue weighted by Gasteiger charge is -2.42. The molecule has 2 amide bonds. The molecule has 2 heterocycles. The van der Waals surface area contributed by atoms with Crippen molar-refractivity contribution in [1.29, 1.82) is 0 Å². The van der Waals surface area contributed by atoms with Crippen LogP contribution in [-0.2, 0) is 25.7 Å². The Morgan fingerprint density at radius 1 is 1.03 bits per heavy atom. The van der Waals surface area contributed by atoms with Crippen LogP contribution in [0, 0.1) is 17.8 Å². The molecule has 2 atom stereocenters. The average Bonchev–Trinajstić information content (AvgIpc) is 2.83. The zero-order chi connectivity index (χ0) is 25.4. The highest BCUT2D eigenvalue weighted by Gasteiger charge is 2.39. The number of likely N-dealkylation sites (tertiary alicyclic amines) is 1. The summed E-state index contributed by atoms with van der Waals surface area (Å²) in [4.78, 5) is 42.9. The summed E-state index contributed by atoms with van der Waals surface area (Å²) in [6.07, 6.45) is 3.41. The van der Waals surface area contributed by atoms with Gasteiger partial charge >= 0.3 is 5.97 Å². The van der Waals surface area contributed by atoms with E-state index in [1.165, 1.54) is 0 Å². The van der Waals surface area contributed by atoms with Crippen LogP contribution in [0.2, 0.25) is 0 Å². The normalized spacial score (nSPS) is 20.4. The van der Waals surface area contributed by atoms with Crippen molar-refractivity contribution < 1.29 is 19.1 Å². The zero-order valence-electron chi connectivity index (χ0n) is 21.9. The minimum Gasteiger partial charge on any atom is -0.461 e. The molecule has 1 aromatic rings. The Hall–Kier alpha value is -2.41. The van der Waals surface area contributed by atoms with E-state index in [0.29, 0.717) is 50.9 Å². The summed E-state index contributed by atoms with van der Waals surface area (Å²) in [7, 11) is 0. The second-order valence-electron chi connectivity index (χ2n) is 10.9. The molecule has 3 rings (SSSR count). The fourth-order valence-corrected chi connectivity index (χ4v) is 5.13. The summed E-state index contributed by atoms with van der Waals surface area (Å²) in [6, 6.07) is 9.07. The summed E-state index contributed by atoms with van der Waals surface area (Å²) in [6.45, 7) is 11.3. The first-order valence-electron chi connectivity index (χ1n) is 13.3. The first-order chi connectivity index (χ1) is 16.7. The highest BCUT2D eigenvalue weighted by molar-refractivity contribution is 5.90. The van der Waals surface area contributed by atoms with E-state index in [2.05, 4.69) is 33.0 Å². The molecule has 0 aliphatic carbocycles. The third kappa shape index (κ3) is 8.06. The van der Waals surface area contributed by atoms with Gasteiger partial charge < -0.3 is 19.9 Å². The lowest BCUT2D eigenvalue weighted by molar-refractivity contribution is -0.151. The van der Waals surface area contributed by atoms with Crippen molar-refractivity contribution >= 4 is 17.8 Å². The summed E-state index contributed by atoms with van der Waals surface area (Å²) >= 11 is 0. The lowest BCUT2D eigenvalue weighted by Crippen LogP contribution is -2.62. The number of carbonyl (C=O) groups excluding carboxylic acids is 3. The monoisotopic (exact) mass is 485 g/mol. The molecular formula is C28H43N3O4. The molecular weight excluding hydrogens is 442 g/mol. The molecule has 1 aromatic carbocycles. The van der Waals surface area contributed by atoms with E-state index < -0.39 is 6.04 Å². The summed E-state index contributed by atoms with van der Waals surface area (Å²) in [5.74, 6) is 0.879. The molecule has 35 heavy (non-hydrogen) atoms. The summed E-state index contributed by atoms with van der Waals surface area (Å²) in [5.41, 5.74) is 0.982. The van der Waals surface area contributed by atoms with E-state index >= 15 is 0 Å². The van der Waals surface area contributed by atoms with E-state index in [-0.39, 0.29) is 29.7 Å². The predicted molar refractivity (Wildman–Crippen MR) is 136 cm³/mol. The van der Waals surface area contributed by atoms with Gasteiger partial charge in [0.25, 0.3) is 0 Å². The van der Waals surface area contributed by atoms with E-state index in [0.717, 1.165) is 31.4 Å². The molecule has 2 aliphatic heterocycles. The Kier molecular flexibility index (Phi) is 10.1. The van der Waals surface area contributed by atoms with Gasteiger partial charge in [0.2, 0.25) is 11.8 Å². The van der Waals surface area contributed by atoms with E-state index in [1.807, 2.05) is 40.1 Å². The van der Waals surface area contributed by atoms with Crippen molar-refractivity contribution in [2.45, 2.75) is 78.5 Å². The Balaban J connectivity index is 1.53. The number of nitrogens with one attached hydrogen (secondary N) is 1. The fraction of sp³-hybridized carbons (Fsp3) is 0.679. The number of piperazine rings is 1. The van der Waals surface area contributed by atoms with Gasteiger partial charge in [-0.2, -0.15) is 0 Å². The molecule has 7 heteroatoms. The summed E-state index contributed by atoms with van der Waals surface area (Å²) < 4.78 is 5.45. The SMILES string of the molecule is CC(C)C[C@@H]1NCCN([C@@H](CC(C)C)C(=O)N2CCC(CC(=O)OCc3ccccc3)CC2)C1=O. The summed E-state index contributed by atoms with van der Waals surface area (Å²) in [5, 5.41) is 3.34. The Labute approximate surface area is 210 Å². The standard InChI is InChI=1S/C28H43N3O4/c1-20(2)16-24-27(33)31(15-12-29-24)25(17-21(3)4)28(34)30-13-10-22(11-14-30)18-26(32)35-19-23-8-6-5-7-9-23/h5-9,20-22,24-25,29H,10-19H2,1-4H3/t24-,25-/m0/s1. The first-order valence-corrected chi connectivity index (χ1v) is 13.3. The van der Waals surface area contributed by atoms with Crippen molar-refractivity contribution in [3.63, 3.8) is 0 Å². The van der Waals surface area contributed by atoms with Gasteiger partial charge in [-0.05, 0) is 49.0 Å². The molecule has 2 fully saturated rings. The molecule has 1 N–H and O–H groups in total. The van der Waals surface area contributed by atoms with Gasteiger partial charge in [-0.1, -0.05) is 58.0 Å². The number of ether oxygens (including phenoxy) is 1. The van der Waals surface area contributed by atoms with Crippen molar-refractivity contribution in [2.24, 2.45) is 17.8 Å². The number of esters is 1. The van der Waals surface area contributed by atoms with Crippen LogP contribution in [0.15, 0.2) is 30.3 Å². The number of piperidine rings is 1. The molecule has 0 saturated carbocycles. The highest BCUT2D eigenvalue weighted by atomic mass is 16.5. The third-order valence-corrected chi connectivity index (χ3v) is 7.01. The maximum atomic E-state index is 13.6. The van der Waals surface area contributed by atoms with Gasteiger partial charge in [-0.15, -0.1) is 0 Å². The molecule has 194 valence electrons. The van der Waals surface area contributed by atoms with Crippen LogP contribution in [0.4, 0.5) is 0 Å². The van der Waals surface area contributed by atoms with Crippen molar-refractivity contribution in [2.75, 3.05) is 26.2 Å². The Morgan fingerprint density at radius 2 is 1.71 bits per heavy atom. The smallest absolute Gasteiger partial charge is 0.306 e. The Bertz CT molecular complexity index is 834. The molecule has 0 unspecified atom stereocenters. The molecule has 2 saturated heterocycles. The van der Waals surface area contributed by atoms with Crippen LogP contribution in [0.3, 0.4) is 0 Å². The lowest BCUT2D eigenvalue weighted by atomic mass is 9.92. The molecule has 0 aromatic heterocycles. The third-order valence-electron chi connectivity index (χ3n) is 7.01. The average molecular weight is 486 g/mol.